The summed E-state index contributed by atoms with van der Waals surface area (Å²) in [6, 6.07) is 0. The van der Waals surface area contributed by atoms with E-state index in [0.29, 0.717) is 0 Å². The monoisotopic (exact) mass is 209 g/mol. The molecular weight excluding hydrogens is 190 g/mol. The number of rotatable bonds is 4. The zero-order valence-corrected chi connectivity index (χ0v) is 9.30. The Morgan fingerprint density at radius 1 is 1.17 bits per heavy atom. The van der Waals surface area contributed by atoms with Gasteiger partial charge < -0.3 is 5.32 Å². The topological polar surface area (TPSA) is 12.0 Å². The molecule has 0 heterocycles. The zero-order chi connectivity index (χ0) is 7.94. The summed E-state index contributed by atoms with van der Waals surface area (Å²) in [7, 11) is 0. The molecule has 1 aliphatic rings. The van der Waals surface area contributed by atoms with Crippen LogP contribution in [0.4, 0.5) is 0 Å². The van der Waals surface area contributed by atoms with Gasteiger partial charge in [0.25, 0.3) is 0 Å². The largest absolute Gasteiger partial charge is 0.316 e. The third kappa shape index (κ3) is 5.28. The minimum Gasteiger partial charge on any atom is -0.316 e. The summed E-state index contributed by atoms with van der Waals surface area (Å²) in [6.07, 6.45) is 7.25. The van der Waals surface area contributed by atoms with Gasteiger partial charge in [-0.1, -0.05) is 19.3 Å². The van der Waals surface area contributed by atoms with Crippen molar-refractivity contribution in [2.45, 2.75) is 32.1 Å². The summed E-state index contributed by atoms with van der Waals surface area (Å²) in [5.74, 6) is 1.93. The Labute approximate surface area is 87.5 Å². The Morgan fingerprint density at radius 2 is 1.83 bits per heavy atom. The molecular formula is C9H20ClNS. The van der Waals surface area contributed by atoms with Crippen molar-refractivity contribution in [3.63, 3.8) is 0 Å². The average Bonchev–Trinajstić information content (AvgIpc) is 2.07. The van der Waals surface area contributed by atoms with E-state index >= 15 is 0 Å². The molecule has 0 bridgehead atoms. The highest BCUT2D eigenvalue weighted by atomic mass is 35.5. The Balaban J connectivity index is 0.00000121. The van der Waals surface area contributed by atoms with E-state index < -0.39 is 0 Å². The molecule has 1 aliphatic carbocycles. The van der Waals surface area contributed by atoms with Crippen LogP contribution in [-0.4, -0.2) is 18.8 Å². The van der Waals surface area contributed by atoms with Crippen LogP contribution in [0.5, 0.6) is 0 Å². The van der Waals surface area contributed by atoms with E-state index in [9.17, 15) is 0 Å². The number of thiol groups is 1. The van der Waals surface area contributed by atoms with Crippen molar-refractivity contribution in [3.8, 4) is 0 Å². The number of hydrogen-bond donors (Lipinski definition) is 2. The molecule has 0 spiro atoms. The maximum Gasteiger partial charge on any atom is 0.00398 e. The molecule has 1 saturated carbocycles. The maximum atomic E-state index is 4.16. The molecule has 0 aliphatic heterocycles. The summed E-state index contributed by atoms with van der Waals surface area (Å²) < 4.78 is 0. The molecule has 1 nitrogen and oxygen atoms in total. The Hall–Kier alpha value is 0.600. The van der Waals surface area contributed by atoms with E-state index in [1.165, 1.54) is 38.6 Å². The molecule has 0 saturated heterocycles. The quantitative estimate of drug-likeness (QED) is 0.536. The molecule has 0 amide bonds. The predicted molar refractivity (Wildman–Crippen MR) is 60.5 cm³/mol. The van der Waals surface area contributed by atoms with Crippen molar-refractivity contribution in [2.75, 3.05) is 18.8 Å². The third-order valence-electron chi connectivity index (χ3n) is 2.45. The molecule has 0 aromatic heterocycles. The lowest BCUT2D eigenvalue weighted by Crippen LogP contribution is -2.25. The van der Waals surface area contributed by atoms with Gasteiger partial charge >= 0.3 is 0 Å². The van der Waals surface area contributed by atoms with Gasteiger partial charge in [-0.2, -0.15) is 12.6 Å². The molecule has 74 valence electrons. The van der Waals surface area contributed by atoms with Crippen molar-refractivity contribution in [1.82, 2.24) is 5.32 Å². The lowest BCUT2D eigenvalue weighted by atomic mass is 9.89. The first kappa shape index (κ1) is 12.6. The summed E-state index contributed by atoms with van der Waals surface area (Å²) >= 11 is 4.16. The van der Waals surface area contributed by atoms with Gasteiger partial charge in [0.05, 0.1) is 0 Å². The van der Waals surface area contributed by atoms with Gasteiger partial charge in [-0.25, -0.2) is 0 Å². The first-order valence-electron chi connectivity index (χ1n) is 4.75. The van der Waals surface area contributed by atoms with E-state index in [0.717, 1.165) is 18.2 Å². The first-order chi connectivity index (χ1) is 5.43. The van der Waals surface area contributed by atoms with Crippen LogP contribution in [0.2, 0.25) is 0 Å². The summed E-state index contributed by atoms with van der Waals surface area (Å²) in [4.78, 5) is 0. The van der Waals surface area contributed by atoms with Crippen molar-refractivity contribution < 1.29 is 0 Å². The lowest BCUT2D eigenvalue weighted by Gasteiger charge is -2.21. The standard InChI is InChI=1S/C9H19NS.ClH/c11-7-6-10-8-9-4-2-1-3-5-9;/h9-11H,1-8H2;1H. The molecule has 0 aromatic rings. The van der Waals surface area contributed by atoms with E-state index in [4.69, 9.17) is 0 Å². The Morgan fingerprint density at radius 3 is 2.42 bits per heavy atom. The van der Waals surface area contributed by atoms with Crippen LogP contribution in [0, 0.1) is 5.92 Å². The maximum absolute atomic E-state index is 4.16. The second-order valence-electron chi connectivity index (χ2n) is 3.43. The number of nitrogens with one attached hydrogen (secondary N) is 1. The van der Waals surface area contributed by atoms with Crippen LogP contribution in [0.1, 0.15) is 32.1 Å². The second kappa shape index (κ2) is 8.21. The van der Waals surface area contributed by atoms with E-state index in [1.807, 2.05) is 0 Å². The number of halogens is 1. The highest BCUT2D eigenvalue weighted by Crippen LogP contribution is 2.22. The Bertz CT molecular complexity index is 94.5. The van der Waals surface area contributed by atoms with Crippen LogP contribution in [0.15, 0.2) is 0 Å². The minimum absolute atomic E-state index is 0. The smallest absolute Gasteiger partial charge is 0.00398 e. The van der Waals surface area contributed by atoms with Crippen LogP contribution in [0.25, 0.3) is 0 Å². The van der Waals surface area contributed by atoms with Gasteiger partial charge in [-0.3, -0.25) is 0 Å². The number of hydrogen-bond acceptors (Lipinski definition) is 2. The minimum atomic E-state index is 0. The van der Waals surface area contributed by atoms with E-state index in [2.05, 4.69) is 17.9 Å². The summed E-state index contributed by atoms with van der Waals surface area (Å²) in [6.45, 7) is 2.29. The van der Waals surface area contributed by atoms with Gasteiger partial charge in [0.1, 0.15) is 0 Å². The van der Waals surface area contributed by atoms with Gasteiger partial charge in [0.2, 0.25) is 0 Å². The lowest BCUT2D eigenvalue weighted by molar-refractivity contribution is 0.345. The second-order valence-corrected chi connectivity index (χ2v) is 3.88. The van der Waals surface area contributed by atoms with Gasteiger partial charge in [-0.15, -0.1) is 12.4 Å². The molecule has 1 N–H and O–H groups in total. The fourth-order valence-corrected chi connectivity index (χ4v) is 1.93. The molecule has 3 heteroatoms. The van der Waals surface area contributed by atoms with Gasteiger partial charge in [0.15, 0.2) is 0 Å². The van der Waals surface area contributed by atoms with Crippen molar-refractivity contribution in [1.29, 1.82) is 0 Å². The highest BCUT2D eigenvalue weighted by molar-refractivity contribution is 7.80. The zero-order valence-electron chi connectivity index (χ0n) is 7.59. The fraction of sp³-hybridized carbons (Fsp3) is 1.00. The summed E-state index contributed by atoms with van der Waals surface area (Å²) in [5.41, 5.74) is 0. The normalized spacial score (nSPS) is 18.8. The molecule has 0 radical (unpaired) electrons. The van der Waals surface area contributed by atoms with Crippen molar-refractivity contribution in [2.24, 2.45) is 5.92 Å². The SMILES string of the molecule is Cl.SCCNCC1CCCCC1. The van der Waals surface area contributed by atoms with Crippen LogP contribution in [-0.2, 0) is 0 Å². The van der Waals surface area contributed by atoms with Crippen LogP contribution < -0.4 is 5.32 Å². The summed E-state index contributed by atoms with van der Waals surface area (Å²) in [5, 5.41) is 3.43. The van der Waals surface area contributed by atoms with Crippen LogP contribution >= 0.6 is 25.0 Å². The van der Waals surface area contributed by atoms with Gasteiger partial charge in [0, 0.05) is 12.3 Å². The van der Waals surface area contributed by atoms with Gasteiger partial charge in [-0.05, 0) is 25.3 Å². The van der Waals surface area contributed by atoms with Crippen molar-refractivity contribution in [3.05, 3.63) is 0 Å². The van der Waals surface area contributed by atoms with E-state index in [1.54, 1.807) is 0 Å². The fourth-order valence-electron chi connectivity index (χ4n) is 1.78. The third-order valence-corrected chi connectivity index (χ3v) is 2.67. The first-order valence-corrected chi connectivity index (χ1v) is 5.38. The molecule has 0 aromatic carbocycles. The highest BCUT2D eigenvalue weighted by Gasteiger charge is 2.11. The van der Waals surface area contributed by atoms with Crippen molar-refractivity contribution >= 4 is 25.0 Å². The van der Waals surface area contributed by atoms with Crippen LogP contribution in [0.3, 0.4) is 0 Å². The van der Waals surface area contributed by atoms with E-state index in [-0.39, 0.29) is 12.4 Å². The molecule has 1 fully saturated rings. The predicted octanol–water partition coefficient (Wildman–Crippen LogP) is 2.51. The molecule has 0 atom stereocenters. The Kier molecular flexibility index (Phi) is 8.62. The molecule has 1 rings (SSSR count). The molecule has 0 unspecified atom stereocenters. The molecule has 12 heavy (non-hydrogen) atoms. The average molecular weight is 210 g/mol.